The molecule has 2 aromatic carbocycles. The maximum Gasteiger partial charge on any atom is 0.240 e. The first-order valence-corrected chi connectivity index (χ1v) is 7.27. The number of aryl methyl sites for hydroxylation is 1. The van der Waals surface area contributed by atoms with Gasteiger partial charge in [-0.05, 0) is 42.8 Å². The van der Waals surface area contributed by atoms with E-state index in [9.17, 15) is 12.8 Å². The van der Waals surface area contributed by atoms with Crippen LogP contribution in [0.15, 0.2) is 41.3 Å². The van der Waals surface area contributed by atoms with Crippen molar-refractivity contribution >= 4 is 27.1 Å². The van der Waals surface area contributed by atoms with Crippen LogP contribution in [0, 0.1) is 12.7 Å². The Morgan fingerprint density at radius 3 is 2.50 bits per heavy atom. The molecule has 2 aromatic rings. The number of halogens is 1. The van der Waals surface area contributed by atoms with Gasteiger partial charge in [0.15, 0.2) is 0 Å². The SMILES string of the molecule is Cc1cc(F)cc(Nc2cccc(S(N)(=O)=O)c2N)c1. The van der Waals surface area contributed by atoms with Crippen molar-refractivity contribution in [2.45, 2.75) is 11.8 Å². The van der Waals surface area contributed by atoms with Gasteiger partial charge in [-0.15, -0.1) is 0 Å². The van der Waals surface area contributed by atoms with Crippen LogP contribution in [-0.2, 0) is 10.0 Å². The molecule has 0 saturated carbocycles. The molecule has 5 N–H and O–H groups in total. The van der Waals surface area contributed by atoms with E-state index in [-0.39, 0.29) is 10.6 Å². The van der Waals surface area contributed by atoms with Crippen LogP contribution in [0.4, 0.5) is 21.5 Å². The average molecular weight is 295 g/mol. The highest BCUT2D eigenvalue weighted by atomic mass is 32.2. The number of para-hydroxylation sites is 1. The van der Waals surface area contributed by atoms with E-state index in [4.69, 9.17) is 10.9 Å². The molecule has 0 spiro atoms. The van der Waals surface area contributed by atoms with Gasteiger partial charge in [-0.1, -0.05) is 6.07 Å². The zero-order valence-corrected chi connectivity index (χ0v) is 11.5. The van der Waals surface area contributed by atoms with E-state index >= 15 is 0 Å². The van der Waals surface area contributed by atoms with E-state index in [0.29, 0.717) is 11.4 Å². The third-order valence-corrected chi connectivity index (χ3v) is 3.66. The molecule has 0 unspecified atom stereocenters. The van der Waals surface area contributed by atoms with Crippen molar-refractivity contribution in [3.8, 4) is 0 Å². The highest BCUT2D eigenvalue weighted by molar-refractivity contribution is 7.89. The van der Waals surface area contributed by atoms with Gasteiger partial charge >= 0.3 is 0 Å². The van der Waals surface area contributed by atoms with E-state index in [2.05, 4.69) is 5.32 Å². The lowest BCUT2D eigenvalue weighted by Crippen LogP contribution is -2.15. The van der Waals surface area contributed by atoms with Gasteiger partial charge in [-0.25, -0.2) is 17.9 Å². The van der Waals surface area contributed by atoms with Gasteiger partial charge in [0.05, 0.1) is 11.4 Å². The molecular weight excluding hydrogens is 281 g/mol. The first-order valence-electron chi connectivity index (χ1n) is 5.73. The van der Waals surface area contributed by atoms with Crippen LogP contribution in [0.3, 0.4) is 0 Å². The molecule has 0 saturated heterocycles. The van der Waals surface area contributed by atoms with E-state index < -0.39 is 15.8 Å². The Bertz CT molecular complexity index is 740. The number of nitrogens with two attached hydrogens (primary N) is 2. The summed E-state index contributed by atoms with van der Waals surface area (Å²) in [6.45, 7) is 1.75. The zero-order valence-electron chi connectivity index (χ0n) is 10.7. The quantitative estimate of drug-likeness (QED) is 0.755. The molecule has 0 aliphatic rings. The number of rotatable bonds is 3. The van der Waals surface area contributed by atoms with Gasteiger partial charge in [0.2, 0.25) is 10.0 Å². The highest BCUT2D eigenvalue weighted by Gasteiger charge is 2.14. The Balaban J connectivity index is 2.44. The van der Waals surface area contributed by atoms with Crippen LogP contribution in [0.5, 0.6) is 0 Å². The molecule has 0 atom stereocenters. The molecule has 5 nitrogen and oxygen atoms in total. The molecule has 0 aliphatic carbocycles. The molecular formula is C13H14FN3O2S. The van der Waals surface area contributed by atoms with Gasteiger partial charge in [-0.2, -0.15) is 0 Å². The molecule has 0 radical (unpaired) electrons. The lowest BCUT2D eigenvalue weighted by Gasteiger charge is -2.12. The fraction of sp³-hybridized carbons (Fsp3) is 0.0769. The minimum absolute atomic E-state index is 0.00286. The molecule has 0 aliphatic heterocycles. The standard InChI is InChI=1S/C13H14FN3O2S/c1-8-5-9(14)7-10(6-8)17-11-3-2-4-12(13(11)15)20(16,18)19/h2-7,17H,15H2,1H3,(H2,16,18,19). The Hall–Kier alpha value is -2.12. The zero-order chi connectivity index (χ0) is 14.9. The number of primary sulfonamides is 1. The van der Waals surface area contributed by atoms with Gasteiger partial charge in [0.1, 0.15) is 10.7 Å². The molecule has 2 rings (SSSR count). The molecule has 0 fully saturated rings. The average Bonchev–Trinajstić information content (AvgIpc) is 2.29. The summed E-state index contributed by atoms with van der Waals surface area (Å²) in [6, 6.07) is 8.79. The second-order valence-corrected chi connectivity index (χ2v) is 5.93. The molecule has 0 bridgehead atoms. The van der Waals surface area contributed by atoms with Crippen molar-refractivity contribution in [1.82, 2.24) is 0 Å². The van der Waals surface area contributed by atoms with Crippen LogP contribution in [0.1, 0.15) is 5.56 Å². The van der Waals surface area contributed by atoms with E-state index in [1.165, 1.54) is 24.3 Å². The van der Waals surface area contributed by atoms with Gasteiger partial charge in [0, 0.05) is 5.69 Å². The first-order chi connectivity index (χ1) is 9.27. The minimum Gasteiger partial charge on any atom is -0.396 e. The fourth-order valence-corrected chi connectivity index (χ4v) is 2.55. The fourth-order valence-electron chi connectivity index (χ4n) is 1.87. The van der Waals surface area contributed by atoms with Crippen LogP contribution in [-0.4, -0.2) is 8.42 Å². The molecule has 0 heterocycles. The van der Waals surface area contributed by atoms with Crippen molar-refractivity contribution < 1.29 is 12.8 Å². The van der Waals surface area contributed by atoms with Crippen LogP contribution in [0.2, 0.25) is 0 Å². The van der Waals surface area contributed by atoms with Crippen molar-refractivity contribution in [2.24, 2.45) is 5.14 Å². The van der Waals surface area contributed by atoms with Gasteiger partial charge < -0.3 is 11.1 Å². The molecule has 106 valence electrons. The Labute approximate surface area is 116 Å². The summed E-state index contributed by atoms with van der Waals surface area (Å²) in [5.41, 5.74) is 7.33. The summed E-state index contributed by atoms with van der Waals surface area (Å²) in [7, 11) is -3.90. The van der Waals surface area contributed by atoms with Crippen LogP contribution >= 0.6 is 0 Å². The van der Waals surface area contributed by atoms with Gasteiger partial charge in [0.25, 0.3) is 0 Å². The number of hydrogen-bond donors (Lipinski definition) is 3. The lowest BCUT2D eigenvalue weighted by atomic mass is 10.2. The number of anilines is 3. The molecule has 20 heavy (non-hydrogen) atoms. The second kappa shape index (κ2) is 5.10. The highest BCUT2D eigenvalue weighted by Crippen LogP contribution is 2.29. The third-order valence-electron chi connectivity index (χ3n) is 2.69. The smallest absolute Gasteiger partial charge is 0.240 e. The minimum atomic E-state index is -3.90. The predicted molar refractivity (Wildman–Crippen MR) is 76.6 cm³/mol. The number of nitrogen functional groups attached to an aromatic ring is 1. The normalized spacial score (nSPS) is 11.3. The van der Waals surface area contributed by atoms with Crippen molar-refractivity contribution in [1.29, 1.82) is 0 Å². The summed E-state index contributed by atoms with van der Waals surface area (Å²) in [4.78, 5) is -0.171. The second-order valence-electron chi connectivity index (χ2n) is 4.40. The summed E-state index contributed by atoms with van der Waals surface area (Å²) < 4.78 is 36.1. The predicted octanol–water partition coefficient (Wildman–Crippen LogP) is 2.11. The summed E-state index contributed by atoms with van der Waals surface area (Å²) in [5, 5.41) is 7.95. The van der Waals surface area contributed by atoms with Gasteiger partial charge in [-0.3, -0.25) is 0 Å². The van der Waals surface area contributed by atoms with Crippen LogP contribution in [0.25, 0.3) is 0 Å². The molecule has 0 amide bonds. The maximum absolute atomic E-state index is 13.3. The molecule has 0 aromatic heterocycles. The number of hydrogen-bond acceptors (Lipinski definition) is 4. The van der Waals surface area contributed by atoms with E-state index in [1.807, 2.05) is 0 Å². The number of sulfonamides is 1. The van der Waals surface area contributed by atoms with Crippen molar-refractivity contribution in [3.05, 3.63) is 47.8 Å². The maximum atomic E-state index is 13.3. The topological polar surface area (TPSA) is 98.2 Å². The third kappa shape index (κ3) is 3.06. The van der Waals surface area contributed by atoms with Crippen molar-refractivity contribution in [2.75, 3.05) is 11.1 Å². The van der Waals surface area contributed by atoms with E-state index in [0.717, 1.165) is 5.56 Å². The first kappa shape index (κ1) is 14.3. The largest absolute Gasteiger partial charge is 0.396 e. The Morgan fingerprint density at radius 2 is 1.90 bits per heavy atom. The summed E-state index contributed by atoms with van der Waals surface area (Å²) in [6.07, 6.45) is 0. The van der Waals surface area contributed by atoms with Crippen molar-refractivity contribution in [3.63, 3.8) is 0 Å². The number of nitrogens with one attached hydrogen (secondary N) is 1. The molecule has 7 heteroatoms. The monoisotopic (exact) mass is 295 g/mol. The Kier molecular flexibility index (Phi) is 3.65. The lowest BCUT2D eigenvalue weighted by molar-refractivity contribution is 0.598. The van der Waals surface area contributed by atoms with E-state index in [1.54, 1.807) is 19.1 Å². The number of benzene rings is 2. The summed E-state index contributed by atoms with van der Waals surface area (Å²) >= 11 is 0. The Morgan fingerprint density at radius 1 is 1.20 bits per heavy atom. The summed E-state index contributed by atoms with van der Waals surface area (Å²) in [5.74, 6) is -0.395. The van der Waals surface area contributed by atoms with Crippen LogP contribution < -0.4 is 16.2 Å².